The van der Waals surface area contributed by atoms with Crippen molar-refractivity contribution in [1.82, 2.24) is 5.32 Å². The molecular formula is C15H21NO4. The number of amides is 1. The monoisotopic (exact) mass is 279 g/mol. The normalized spacial score (nSPS) is 11.8. The maximum Gasteiger partial charge on any atom is 0.338 e. The standard InChI is InChI=1S/C15H21NO4/c1-4-11(2)16-14(17)10-20-15(18)13-7-5-12(6-8-13)9-19-3/h5-8,11H,4,9-10H2,1-3H3,(H,16,17)/t11-/m0/s1. The number of esters is 1. The average Bonchev–Trinajstić information content (AvgIpc) is 2.45. The van der Waals surface area contributed by atoms with Gasteiger partial charge in [-0.25, -0.2) is 4.79 Å². The first-order valence-corrected chi connectivity index (χ1v) is 6.61. The van der Waals surface area contributed by atoms with Gasteiger partial charge in [-0.1, -0.05) is 19.1 Å². The fraction of sp³-hybridized carbons (Fsp3) is 0.467. The Bertz CT molecular complexity index is 442. The van der Waals surface area contributed by atoms with Crippen LogP contribution in [0.4, 0.5) is 0 Å². The van der Waals surface area contributed by atoms with Gasteiger partial charge in [0.1, 0.15) is 0 Å². The van der Waals surface area contributed by atoms with Crippen molar-refractivity contribution >= 4 is 11.9 Å². The van der Waals surface area contributed by atoms with Crippen LogP contribution in [-0.4, -0.2) is 31.6 Å². The Morgan fingerprint density at radius 3 is 2.45 bits per heavy atom. The maximum atomic E-state index is 11.7. The van der Waals surface area contributed by atoms with E-state index < -0.39 is 5.97 Å². The number of hydrogen-bond donors (Lipinski definition) is 1. The fourth-order valence-electron chi connectivity index (χ4n) is 1.54. The van der Waals surface area contributed by atoms with Crippen molar-refractivity contribution < 1.29 is 19.1 Å². The third kappa shape index (κ3) is 5.40. The van der Waals surface area contributed by atoms with Gasteiger partial charge in [-0.05, 0) is 31.0 Å². The van der Waals surface area contributed by atoms with Gasteiger partial charge in [0.15, 0.2) is 6.61 Å². The van der Waals surface area contributed by atoms with Crippen LogP contribution < -0.4 is 5.32 Å². The van der Waals surface area contributed by atoms with Gasteiger partial charge >= 0.3 is 5.97 Å². The number of carbonyl (C=O) groups excluding carboxylic acids is 2. The van der Waals surface area contributed by atoms with E-state index in [4.69, 9.17) is 9.47 Å². The van der Waals surface area contributed by atoms with Crippen LogP contribution in [0.25, 0.3) is 0 Å². The second-order valence-corrected chi connectivity index (χ2v) is 4.58. The summed E-state index contributed by atoms with van der Waals surface area (Å²) in [6, 6.07) is 6.97. The molecule has 110 valence electrons. The largest absolute Gasteiger partial charge is 0.452 e. The number of hydrogen-bond acceptors (Lipinski definition) is 4. The molecule has 0 spiro atoms. The van der Waals surface area contributed by atoms with Crippen molar-refractivity contribution in [3.63, 3.8) is 0 Å². The molecule has 0 heterocycles. The molecule has 0 bridgehead atoms. The Hall–Kier alpha value is -1.88. The van der Waals surface area contributed by atoms with Crippen LogP contribution in [0.1, 0.15) is 36.2 Å². The molecule has 0 aliphatic carbocycles. The lowest BCUT2D eigenvalue weighted by atomic mass is 10.1. The van der Waals surface area contributed by atoms with Crippen molar-refractivity contribution in [3.05, 3.63) is 35.4 Å². The first-order valence-electron chi connectivity index (χ1n) is 6.61. The molecule has 1 aromatic carbocycles. The molecule has 0 saturated heterocycles. The molecule has 1 atom stereocenters. The second-order valence-electron chi connectivity index (χ2n) is 4.58. The maximum absolute atomic E-state index is 11.7. The second kappa shape index (κ2) is 8.32. The summed E-state index contributed by atoms with van der Waals surface area (Å²) < 4.78 is 9.94. The third-order valence-electron chi connectivity index (χ3n) is 2.85. The summed E-state index contributed by atoms with van der Waals surface area (Å²) in [5, 5.41) is 2.73. The molecule has 0 radical (unpaired) electrons. The highest BCUT2D eigenvalue weighted by Gasteiger charge is 2.11. The van der Waals surface area contributed by atoms with Crippen LogP contribution in [-0.2, 0) is 20.9 Å². The number of ether oxygens (including phenoxy) is 2. The van der Waals surface area contributed by atoms with Crippen molar-refractivity contribution in [2.24, 2.45) is 0 Å². The minimum atomic E-state index is -0.506. The zero-order valence-corrected chi connectivity index (χ0v) is 12.1. The van der Waals surface area contributed by atoms with Crippen LogP contribution in [0.5, 0.6) is 0 Å². The van der Waals surface area contributed by atoms with Crippen molar-refractivity contribution in [1.29, 1.82) is 0 Å². The van der Waals surface area contributed by atoms with E-state index in [0.29, 0.717) is 12.2 Å². The van der Waals surface area contributed by atoms with E-state index in [2.05, 4.69) is 5.32 Å². The predicted molar refractivity (Wildman–Crippen MR) is 75.3 cm³/mol. The zero-order chi connectivity index (χ0) is 15.0. The topological polar surface area (TPSA) is 64.6 Å². The van der Waals surface area contributed by atoms with Crippen molar-refractivity contribution in [2.45, 2.75) is 32.9 Å². The lowest BCUT2D eigenvalue weighted by molar-refractivity contribution is -0.124. The van der Waals surface area contributed by atoms with Gasteiger partial charge in [0.2, 0.25) is 0 Å². The Kier molecular flexibility index (Phi) is 6.73. The molecule has 0 aliphatic rings. The van der Waals surface area contributed by atoms with Gasteiger partial charge in [0, 0.05) is 13.2 Å². The van der Waals surface area contributed by atoms with Crippen LogP contribution in [0.15, 0.2) is 24.3 Å². The molecule has 1 rings (SSSR count). The lowest BCUT2D eigenvalue weighted by Crippen LogP contribution is -2.35. The molecule has 5 heteroatoms. The Labute approximate surface area is 119 Å². The van der Waals surface area contributed by atoms with Gasteiger partial charge in [-0.3, -0.25) is 4.79 Å². The summed E-state index contributed by atoms with van der Waals surface area (Å²) in [6.07, 6.45) is 0.834. The first kappa shape index (κ1) is 16.2. The van der Waals surface area contributed by atoms with Gasteiger partial charge in [-0.15, -0.1) is 0 Å². The molecule has 0 aromatic heterocycles. The first-order chi connectivity index (χ1) is 9.56. The highest BCUT2D eigenvalue weighted by Crippen LogP contribution is 2.07. The summed E-state index contributed by atoms with van der Waals surface area (Å²) >= 11 is 0. The Balaban J connectivity index is 2.44. The quantitative estimate of drug-likeness (QED) is 0.774. The lowest BCUT2D eigenvalue weighted by Gasteiger charge is -2.11. The summed E-state index contributed by atoms with van der Waals surface area (Å²) in [5.74, 6) is -0.794. The van der Waals surface area contributed by atoms with Gasteiger partial charge in [0.05, 0.1) is 12.2 Å². The summed E-state index contributed by atoms with van der Waals surface area (Å²) in [4.78, 5) is 23.2. The molecule has 20 heavy (non-hydrogen) atoms. The molecule has 1 amide bonds. The van der Waals surface area contributed by atoms with Crippen LogP contribution in [0, 0.1) is 0 Å². The van der Waals surface area contributed by atoms with E-state index in [1.54, 1.807) is 31.4 Å². The van der Waals surface area contributed by atoms with E-state index >= 15 is 0 Å². The number of methoxy groups -OCH3 is 1. The smallest absolute Gasteiger partial charge is 0.338 e. The van der Waals surface area contributed by atoms with Gasteiger partial charge < -0.3 is 14.8 Å². The number of rotatable bonds is 7. The average molecular weight is 279 g/mol. The minimum absolute atomic E-state index is 0.0783. The van der Waals surface area contributed by atoms with E-state index in [9.17, 15) is 9.59 Å². The van der Waals surface area contributed by atoms with Crippen LogP contribution in [0.2, 0.25) is 0 Å². The van der Waals surface area contributed by atoms with Crippen molar-refractivity contribution in [2.75, 3.05) is 13.7 Å². The molecule has 0 saturated carbocycles. The molecule has 0 aliphatic heterocycles. The number of carbonyl (C=O) groups is 2. The summed E-state index contributed by atoms with van der Waals surface area (Å²) in [5.41, 5.74) is 1.39. The molecule has 0 unspecified atom stereocenters. The third-order valence-corrected chi connectivity index (χ3v) is 2.85. The Morgan fingerprint density at radius 1 is 1.25 bits per heavy atom. The molecule has 5 nitrogen and oxygen atoms in total. The highest BCUT2D eigenvalue weighted by molar-refractivity contribution is 5.91. The molecule has 1 aromatic rings. The predicted octanol–water partition coefficient (Wildman–Crippen LogP) is 1.90. The van der Waals surface area contributed by atoms with Crippen LogP contribution in [0.3, 0.4) is 0 Å². The zero-order valence-electron chi connectivity index (χ0n) is 12.1. The van der Waals surface area contributed by atoms with Crippen molar-refractivity contribution in [3.8, 4) is 0 Å². The molecule has 0 fully saturated rings. The van der Waals surface area contributed by atoms with E-state index in [-0.39, 0.29) is 18.6 Å². The van der Waals surface area contributed by atoms with E-state index in [1.165, 1.54) is 0 Å². The fourth-order valence-corrected chi connectivity index (χ4v) is 1.54. The summed E-state index contributed by atoms with van der Waals surface area (Å²) in [7, 11) is 1.61. The number of benzene rings is 1. The van der Waals surface area contributed by atoms with Gasteiger partial charge in [0.25, 0.3) is 5.91 Å². The minimum Gasteiger partial charge on any atom is -0.452 e. The highest BCUT2D eigenvalue weighted by atomic mass is 16.5. The van der Waals surface area contributed by atoms with E-state index in [0.717, 1.165) is 12.0 Å². The summed E-state index contributed by atoms with van der Waals surface area (Å²) in [6.45, 7) is 4.10. The Morgan fingerprint density at radius 2 is 1.90 bits per heavy atom. The number of nitrogens with one attached hydrogen (secondary N) is 1. The van der Waals surface area contributed by atoms with E-state index in [1.807, 2.05) is 13.8 Å². The molecular weight excluding hydrogens is 258 g/mol. The molecule has 1 N–H and O–H groups in total. The van der Waals surface area contributed by atoms with Gasteiger partial charge in [-0.2, -0.15) is 0 Å². The van der Waals surface area contributed by atoms with Crippen LogP contribution >= 0.6 is 0 Å². The SMILES string of the molecule is CC[C@H](C)NC(=O)COC(=O)c1ccc(COC)cc1.